The number of nitrogens with one attached hydrogen (secondary N) is 1. The number of carbonyl (C=O) groups excluding carboxylic acids is 1. The second kappa shape index (κ2) is 8.61. The number of aromatic nitrogens is 2. The van der Waals surface area contributed by atoms with Gasteiger partial charge in [0, 0.05) is 37.5 Å². The van der Waals surface area contributed by atoms with Gasteiger partial charge in [0.05, 0.1) is 11.0 Å². The van der Waals surface area contributed by atoms with Crippen LogP contribution >= 0.6 is 12.4 Å². The summed E-state index contributed by atoms with van der Waals surface area (Å²) in [5, 5.41) is 3.44. The maximum absolute atomic E-state index is 12.9. The molecule has 148 valence electrons. The molecule has 27 heavy (non-hydrogen) atoms. The number of amides is 1. The van der Waals surface area contributed by atoms with Gasteiger partial charge in [-0.1, -0.05) is 19.1 Å². The summed E-state index contributed by atoms with van der Waals surface area (Å²) in [6.07, 6.45) is 4.96. The van der Waals surface area contributed by atoms with Gasteiger partial charge in [0.2, 0.25) is 5.91 Å². The number of nitrogens with zero attached hydrogens (tertiary/aromatic N) is 3. The summed E-state index contributed by atoms with van der Waals surface area (Å²) in [7, 11) is 0. The van der Waals surface area contributed by atoms with Crippen molar-refractivity contribution in [1.82, 2.24) is 19.8 Å². The lowest BCUT2D eigenvalue weighted by Gasteiger charge is -2.37. The Morgan fingerprint density at radius 1 is 1.22 bits per heavy atom. The normalized spacial score (nSPS) is 24.0. The van der Waals surface area contributed by atoms with Crippen LogP contribution in [0.3, 0.4) is 0 Å². The van der Waals surface area contributed by atoms with Crippen LogP contribution in [-0.2, 0) is 11.2 Å². The second-order valence-electron chi connectivity index (χ2n) is 7.87. The van der Waals surface area contributed by atoms with Crippen LogP contribution in [0.25, 0.3) is 11.0 Å². The van der Waals surface area contributed by atoms with Crippen molar-refractivity contribution in [2.24, 2.45) is 5.92 Å². The summed E-state index contributed by atoms with van der Waals surface area (Å²) in [5.74, 6) is 1.76. The lowest BCUT2D eigenvalue weighted by Crippen LogP contribution is -2.46. The number of imidazole rings is 1. The number of rotatable bonds is 3. The first-order chi connectivity index (χ1) is 12.7. The number of piperidine rings is 2. The van der Waals surface area contributed by atoms with Crippen LogP contribution in [0.1, 0.15) is 51.4 Å². The fraction of sp³-hybridized carbons (Fsp3) is 0.619. The molecule has 1 N–H and O–H groups in total. The van der Waals surface area contributed by atoms with E-state index in [1.54, 1.807) is 0 Å². The van der Waals surface area contributed by atoms with Gasteiger partial charge in [-0.25, -0.2) is 4.98 Å². The summed E-state index contributed by atoms with van der Waals surface area (Å²) in [6, 6.07) is 9.34. The molecule has 0 bridgehead atoms. The molecule has 1 aromatic carbocycles. The summed E-state index contributed by atoms with van der Waals surface area (Å²) >= 11 is 0. The van der Waals surface area contributed by atoms with Crippen molar-refractivity contribution in [3.8, 4) is 0 Å². The smallest absolute Gasteiger partial charge is 0.225 e. The van der Waals surface area contributed by atoms with Crippen molar-refractivity contribution < 1.29 is 4.79 Å². The highest BCUT2D eigenvalue weighted by molar-refractivity contribution is 5.85. The van der Waals surface area contributed by atoms with Gasteiger partial charge >= 0.3 is 0 Å². The summed E-state index contributed by atoms with van der Waals surface area (Å²) in [4.78, 5) is 19.8. The third kappa shape index (κ3) is 3.99. The molecule has 0 aliphatic carbocycles. The zero-order valence-electron chi connectivity index (χ0n) is 16.4. The van der Waals surface area contributed by atoms with Crippen LogP contribution in [0.4, 0.5) is 0 Å². The number of hydrogen-bond acceptors (Lipinski definition) is 3. The molecule has 2 aromatic rings. The van der Waals surface area contributed by atoms with E-state index in [2.05, 4.69) is 52.9 Å². The summed E-state index contributed by atoms with van der Waals surface area (Å²) < 4.78 is 2.43. The predicted molar refractivity (Wildman–Crippen MR) is 111 cm³/mol. The molecule has 0 saturated carbocycles. The minimum absolute atomic E-state index is 0. The first kappa shape index (κ1) is 20.2. The predicted octanol–water partition coefficient (Wildman–Crippen LogP) is 3.57. The monoisotopic (exact) mass is 390 g/mol. The van der Waals surface area contributed by atoms with Crippen LogP contribution < -0.4 is 5.32 Å². The van der Waals surface area contributed by atoms with Gasteiger partial charge in [0.15, 0.2) is 0 Å². The van der Waals surface area contributed by atoms with Crippen LogP contribution in [-0.4, -0.2) is 46.0 Å². The van der Waals surface area contributed by atoms with E-state index in [1.807, 2.05) is 0 Å². The molecule has 2 aliphatic rings. The number of carbonyl (C=O) groups is 1. The maximum atomic E-state index is 12.9. The van der Waals surface area contributed by atoms with Gasteiger partial charge in [-0.2, -0.15) is 0 Å². The average molecular weight is 391 g/mol. The Bertz CT molecular complexity index is 782. The Hall–Kier alpha value is -1.59. The molecular formula is C21H31ClN4O. The minimum atomic E-state index is 0. The summed E-state index contributed by atoms with van der Waals surface area (Å²) in [6.45, 7) is 7.07. The Morgan fingerprint density at radius 2 is 1.96 bits per heavy atom. The van der Waals surface area contributed by atoms with Gasteiger partial charge in [0.1, 0.15) is 5.82 Å². The minimum Gasteiger partial charge on any atom is -0.342 e. The number of para-hydroxylation sites is 2. The molecule has 2 aliphatic heterocycles. The van der Waals surface area contributed by atoms with Crippen LogP contribution in [0.2, 0.25) is 0 Å². The molecule has 5 nitrogen and oxygen atoms in total. The summed E-state index contributed by atoms with van der Waals surface area (Å²) in [5.41, 5.74) is 2.33. The fourth-order valence-electron chi connectivity index (χ4n) is 4.71. The highest BCUT2D eigenvalue weighted by Crippen LogP contribution is 2.30. The standard InChI is InChI=1S/C21H30N4O.ClH/c1-3-20-23-18-6-4-5-7-19(18)25(20)17-9-12-24(13-10-17)21(26)16-8-11-22-15(2)14-16;/h4-7,15-17,22H,3,8-14H2,1-2H3;1H/t15-,16-;/m0./s1. The van der Waals surface area contributed by atoms with Crippen molar-refractivity contribution in [3.05, 3.63) is 30.1 Å². The van der Waals surface area contributed by atoms with E-state index in [0.29, 0.717) is 18.0 Å². The number of hydrogen-bond donors (Lipinski definition) is 1. The molecule has 2 atom stereocenters. The first-order valence-electron chi connectivity index (χ1n) is 10.2. The molecule has 1 amide bonds. The van der Waals surface area contributed by atoms with E-state index in [1.165, 1.54) is 11.3 Å². The first-order valence-corrected chi connectivity index (χ1v) is 10.2. The Kier molecular flexibility index (Phi) is 6.43. The number of fused-ring (bicyclic) bond motifs is 1. The molecule has 4 rings (SSSR count). The molecular weight excluding hydrogens is 360 g/mol. The molecule has 1 aromatic heterocycles. The number of halogens is 1. The van der Waals surface area contributed by atoms with Gasteiger partial charge in [0.25, 0.3) is 0 Å². The highest BCUT2D eigenvalue weighted by Gasteiger charge is 2.32. The average Bonchev–Trinajstić information content (AvgIpc) is 3.06. The zero-order valence-corrected chi connectivity index (χ0v) is 17.2. The van der Waals surface area contributed by atoms with Gasteiger partial charge in [-0.3, -0.25) is 4.79 Å². The third-order valence-corrected chi connectivity index (χ3v) is 6.10. The number of benzene rings is 1. The third-order valence-electron chi connectivity index (χ3n) is 6.10. The second-order valence-corrected chi connectivity index (χ2v) is 7.87. The van der Waals surface area contributed by atoms with E-state index in [9.17, 15) is 4.79 Å². The van der Waals surface area contributed by atoms with Crippen LogP contribution in [0.15, 0.2) is 24.3 Å². The van der Waals surface area contributed by atoms with E-state index in [4.69, 9.17) is 4.98 Å². The largest absolute Gasteiger partial charge is 0.342 e. The van der Waals surface area contributed by atoms with Crippen LogP contribution in [0.5, 0.6) is 0 Å². The quantitative estimate of drug-likeness (QED) is 0.871. The van der Waals surface area contributed by atoms with Gasteiger partial charge < -0.3 is 14.8 Å². The van der Waals surface area contributed by atoms with E-state index >= 15 is 0 Å². The molecule has 3 heterocycles. The number of likely N-dealkylation sites (tertiary alicyclic amines) is 1. The van der Waals surface area contributed by atoms with E-state index < -0.39 is 0 Å². The molecule has 0 spiro atoms. The van der Waals surface area contributed by atoms with Crippen molar-refractivity contribution in [1.29, 1.82) is 0 Å². The Balaban J connectivity index is 0.00000210. The Labute approximate surface area is 167 Å². The fourth-order valence-corrected chi connectivity index (χ4v) is 4.71. The lowest BCUT2D eigenvalue weighted by atomic mass is 9.91. The van der Waals surface area contributed by atoms with Crippen molar-refractivity contribution in [2.45, 2.75) is 58.0 Å². The Morgan fingerprint density at radius 3 is 2.67 bits per heavy atom. The van der Waals surface area contributed by atoms with Crippen LogP contribution in [0, 0.1) is 5.92 Å². The molecule has 6 heteroatoms. The highest BCUT2D eigenvalue weighted by atomic mass is 35.5. The molecule has 2 fully saturated rings. The number of aryl methyl sites for hydroxylation is 1. The van der Waals surface area contributed by atoms with E-state index in [0.717, 1.165) is 57.3 Å². The van der Waals surface area contributed by atoms with Crippen molar-refractivity contribution >= 4 is 29.3 Å². The van der Waals surface area contributed by atoms with Gasteiger partial charge in [-0.05, 0) is 51.3 Å². The molecule has 0 unspecified atom stereocenters. The van der Waals surface area contributed by atoms with Crippen molar-refractivity contribution in [3.63, 3.8) is 0 Å². The lowest BCUT2D eigenvalue weighted by molar-refractivity contribution is -0.138. The van der Waals surface area contributed by atoms with Crippen molar-refractivity contribution in [2.75, 3.05) is 19.6 Å². The topological polar surface area (TPSA) is 50.2 Å². The van der Waals surface area contributed by atoms with E-state index in [-0.39, 0.29) is 18.3 Å². The molecule has 2 saturated heterocycles. The maximum Gasteiger partial charge on any atom is 0.225 e. The van der Waals surface area contributed by atoms with Gasteiger partial charge in [-0.15, -0.1) is 12.4 Å². The molecule has 0 radical (unpaired) electrons. The SMILES string of the molecule is CCc1nc2ccccc2n1C1CCN(C(=O)[C@H]2CCN[C@@H](C)C2)CC1.Cl. The zero-order chi connectivity index (χ0) is 18.1.